The zero-order valence-electron chi connectivity index (χ0n) is 17.5. The maximum Gasteiger partial charge on any atom is 0.194 e. The van der Waals surface area contributed by atoms with Gasteiger partial charge in [-0.05, 0) is 55.7 Å². The van der Waals surface area contributed by atoms with E-state index in [1.54, 1.807) is 6.07 Å². The first-order valence-corrected chi connectivity index (χ1v) is 10.7. The van der Waals surface area contributed by atoms with E-state index >= 15 is 0 Å². The number of aliphatic imine (C=N–C) groups is 1. The lowest BCUT2D eigenvalue weighted by atomic mass is 9.92. The lowest BCUT2D eigenvalue weighted by molar-refractivity contribution is 0.145. The Hall–Kier alpha value is -1.82. The highest BCUT2D eigenvalue weighted by atomic mass is 19.1. The van der Waals surface area contributed by atoms with Gasteiger partial charge in [-0.2, -0.15) is 0 Å². The summed E-state index contributed by atoms with van der Waals surface area (Å²) >= 11 is 0. The van der Waals surface area contributed by atoms with Crippen LogP contribution >= 0.6 is 0 Å². The molecule has 2 aliphatic rings. The highest BCUT2D eigenvalue weighted by Crippen LogP contribution is 2.25. The zero-order chi connectivity index (χ0) is 20.1. The Morgan fingerprint density at radius 2 is 1.89 bits per heavy atom. The van der Waals surface area contributed by atoms with Crippen LogP contribution in [0.1, 0.15) is 45.6 Å². The number of piperidine rings is 2. The van der Waals surface area contributed by atoms with Crippen LogP contribution in [0.3, 0.4) is 0 Å². The van der Waals surface area contributed by atoms with E-state index in [-0.39, 0.29) is 11.9 Å². The summed E-state index contributed by atoms with van der Waals surface area (Å²) in [7, 11) is 0. The van der Waals surface area contributed by atoms with Crippen LogP contribution in [-0.2, 0) is 6.54 Å². The van der Waals surface area contributed by atoms with Crippen molar-refractivity contribution in [2.45, 2.75) is 52.7 Å². The first kappa shape index (κ1) is 20.9. The van der Waals surface area contributed by atoms with Gasteiger partial charge in [0.15, 0.2) is 5.96 Å². The van der Waals surface area contributed by atoms with Gasteiger partial charge in [0.05, 0.1) is 18.3 Å². The van der Waals surface area contributed by atoms with Gasteiger partial charge in [-0.15, -0.1) is 0 Å². The van der Waals surface area contributed by atoms with Crippen molar-refractivity contribution in [1.82, 2.24) is 10.2 Å². The third kappa shape index (κ3) is 5.37. The molecule has 0 aromatic heterocycles. The fourth-order valence-electron chi connectivity index (χ4n) is 4.44. The van der Waals surface area contributed by atoms with Crippen molar-refractivity contribution in [1.29, 1.82) is 0 Å². The van der Waals surface area contributed by atoms with Crippen molar-refractivity contribution in [2.24, 2.45) is 16.8 Å². The zero-order valence-corrected chi connectivity index (χ0v) is 17.5. The van der Waals surface area contributed by atoms with Crippen molar-refractivity contribution >= 4 is 11.6 Å². The monoisotopic (exact) mass is 390 g/mol. The van der Waals surface area contributed by atoms with Gasteiger partial charge in [0.2, 0.25) is 0 Å². The quantitative estimate of drug-likeness (QED) is 0.612. The summed E-state index contributed by atoms with van der Waals surface area (Å²) in [5.41, 5.74) is 1.51. The molecule has 2 fully saturated rings. The van der Waals surface area contributed by atoms with Crippen molar-refractivity contribution in [3.8, 4) is 0 Å². The number of anilines is 1. The van der Waals surface area contributed by atoms with Crippen molar-refractivity contribution in [2.75, 3.05) is 37.6 Å². The summed E-state index contributed by atoms with van der Waals surface area (Å²) in [6.07, 6.45) is 2.41. The molecule has 1 aromatic carbocycles. The van der Waals surface area contributed by atoms with Gasteiger partial charge in [-0.25, -0.2) is 9.38 Å². The van der Waals surface area contributed by atoms with E-state index in [2.05, 4.69) is 31.0 Å². The van der Waals surface area contributed by atoms with Gasteiger partial charge < -0.3 is 20.2 Å². The number of hydrogen-bond acceptors (Lipinski definition) is 3. The Morgan fingerprint density at radius 3 is 2.50 bits per heavy atom. The van der Waals surface area contributed by atoms with Crippen LogP contribution in [0.15, 0.2) is 23.2 Å². The Bertz CT molecular complexity index is 663. The van der Waals surface area contributed by atoms with E-state index < -0.39 is 0 Å². The molecule has 6 heteroatoms. The predicted octanol–water partition coefficient (Wildman–Crippen LogP) is 3.23. The molecule has 1 aromatic rings. The largest absolute Gasteiger partial charge is 0.393 e. The standard InChI is InChI=1S/C22H35FN4O/c1-4-24-22(27-14-16(2)11-17(3)15-27)25-13-18-5-6-21(20(23)12-18)26-9-7-19(28)8-10-26/h5-6,12,16-17,19,28H,4,7-11,13-15H2,1-3H3,(H,24,25). The topological polar surface area (TPSA) is 51.1 Å². The molecule has 0 bridgehead atoms. The molecule has 0 saturated carbocycles. The van der Waals surface area contributed by atoms with Crippen molar-refractivity contribution < 1.29 is 9.50 Å². The molecule has 2 heterocycles. The molecule has 0 spiro atoms. The molecule has 0 radical (unpaired) electrons. The number of hydrogen-bond donors (Lipinski definition) is 2. The maximum atomic E-state index is 14.7. The lowest BCUT2D eigenvalue weighted by Gasteiger charge is -2.37. The third-order valence-corrected chi connectivity index (χ3v) is 5.73. The molecule has 5 nitrogen and oxygen atoms in total. The third-order valence-electron chi connectivity index (χ3n) is 5.73. The number of rotatable bonds is 4. The van der Waals surface area contributed by atoms with Gasteiger partial charge in [0, 0.05) is 32.7 Å². The van der Waals surface area contributed by atoms with Crippen LogP contribution in [0.2, 0.25) is 0 Å². The number of halogens is 1. The number of nitrogens with zero attached hydrogens (tertiary/aromatic N) is 3. The SMILES string of the molecule is CCNC(=NCc1ccc(N2CCC(O)CC2)c(F)c1)N1CC(C)CC(C)C1. The number of guanidine groups is 1. The molecule has 3 rings (SSSR count). The van der Waals surface area contributed by atoms with E-state index in [0.717, 1.165) is 31.2 Å². The molecule has 28 heavy (non-hydrogen) atoms. The van der Waals surface area contributed by atoms with Crippen molar-refractivity contribution in [3.63, 3.8) is 0 Å². The van der Waals surface area contributed by atoms with Gasteiger partial charge in [-0.1, -0.05) is 19.9 Å². The number of benzene rings is 1. The highest BCUT2D eigenvalue weighted by molar-refractivity contribution is 5.80. The minimum Gasteiger partial charge on any atom is -0.393 e. The first-order chi connectivity index (χ1) is 13.5. The fraction of sp³-hybridized carbons (Fsp3) is 0.682. The van der Waals surface area contributed by atoms with Crippen LogP contribution < -0.4 is 10.2 Å². The molecule has 2 unspecified atom stereocenters. The van der Waals surface area contributed by atoms with E-state index in [1.165, 1.54) is 6.42 Å². The van der Waals surface area contributed by atoms with E-state index in [9.17, 15) is 9.50 Å². The van der Waals surface area contributed by atoms with Crippen LogP contribution in [0.4, 0.5) is 10.1 Å². The Labute approximate surface area is 168 Å². The number of aliphatic hydroxyl groups excluding tert-OH is 1. The maximum absolute atomic E-state index is 14.7. The minimum absolute atomic E-state index is 0.200. The molecule has 0 amide bonds. The summed E-state index contributed by atoms with van der Waals surface area (Å²) in [6, 6.07) is 5.43. The summed E-state index contributed by atoms with van der Waals surface area (Å²) in [5, 5.41) is 13.0. The second kappa shape index (κ2) is 9.59. The summed E-state index contributed by atoms with van der Waals surface area (Å²) < 4.78 is 14.7. The summed E-state index contributed by atoms with van der Waals surface area (Å²) in [5.74, 6) is 2.05. The molecule has 2 saturated heterocycles. The molecular weight excluding hydrogens is 355 g/mol. The molecule has 2 N–H and O–H groups in total. The van der Waals surface area contributed by atoms with Gasteiger partial charge >= 0.3 is 0 Å². The van der Waals surface area contributed by atoms with Crippen LogP contribution in [-0.4, -0.2) is 54.8 Å². The smallest absolute Gasteiger partial charge is 0.194 e. The number of nitrogens with one attached hydrogen (secondary N) is 1. The van der Waals surface area contributed by atoms with Gasteiger partial charge in [-0.3, -0.25) is 0 Å². The average molecular weight is 391 g/mol. The Kier molecular flexibility index (Phi) is 7.16. The second-order valence-electron chi connectivity index (χ2n) is 8.53. The van der Waals surface area contributed by atoms with E-state index in [0.29, 0.717) is 50.0 Å². The average Bonchev–Trinajstić information content (AvgIpc) is 2.65. The van der Waals surface area contributed by atoms with Gasteiger partial charge in [0.25, 0.3) is 0 Å². The number of aliphatic hydroxyl groups is 1. The highest BCUT2D eigenvalue weighted by Gasteiger charge is 2.24. The minimum atomic E-state index is -0.252. The van der Waals surface area contributed by atoms with E-state index in [4.69, 9.17) is 4.99 Å². The van der Waals surface area contributed by atoms with E-state index in [1.807, 2.05) is 17.0 Å². The van der Waals surface area contributed by atoms with Crippen molar-refractivity contribution in [3.05, 3.63) is 29.6 Å². The molecule has 0 aliphatic carbocycles. The van der Waals surface area contributed by atoms with Crippen LogP contribution in [0, 0.1) is 17.7 Å². The second-order valence-corrected chi connectivity index (χ2v) is 8.53. The Balaban J connectivity index is 1.68. The van der Waals surface area contributed by atoms with Crippen LogP contribution in [0.5, 0.6) is 0 Å². The molecule has 156 valence electrons. The summed E-state index contributed by atoms with van der Waals surface area (Å²) in [6.45, 7) is 11.4. The Morgan fingerprint density at radius 1 is 1.21 bits per heavy atom. The summed E-state index contributed by atoms with van der Waals surface area (Å²) in [4.78, 5) is 9.15. The first-order valence-electron chi connectivity index (χ1n) is 10.7. The van der Waals surface area contributed by atoms with Crippen LogP contribution in [0.25, 0.3) is 0 Å². The molecule has 2 aliphatic heterocycles. The molecule has 2 atom stereocenters. The molecular formula is C22H35FN4O. The normalized spacial score (nSPS) is 24.5. The lowest BCUT2D eigenvalue weighted by Crippen LogP contribution is -2.48. The van der Waals surface area contributed by atoms with Gasteiger partial charge in [0.1, 0.15) is 5.82 Å². The number of likely N-dealkylation sites (tertiary alicyclic amines) is 1. The fourth-order valence-corrected chi connectivity index (χ4v) is 4.44. The predicted molar refractivity (Wildman–Crippen MR) is 113 cm³/mol.